The van der Waals surface area contributed by atoms with E-state index in [0.717, 1.165) is 12.2 Å². The fourth-order valence-corrected chi connectivity index (χ4v) is 2.20. The Hall–Kier alpha value is -0.330. The fourth-order valence-electron chi connectivity index (χ4n) is 2.20. The molecule has 0 saturated heterocycles. The fraction of sp³-hybridized carbons (Fsp3) is 0.917. The summed E-state index contributed by atoms with van der Waals surface area (Å²) in [7, 11) is 0. The van der Waals surface area contributed by atoms with Crippen LogP contribution in [0, 0.1) is 11.3 Å². The van der Waals surface area contributed by atoms with Crippen molar-refractivity contribution >= 4 is 6.29 Å². The molecule has 1 rings (SSSR count). The van der Waals surface area contributed by atoms with Gasteiger partial charge < -0.3 is 4.79 Å². The van der Waals surface area contributed by atoms with E-state index in [1.807, 2.05) is 0 Å². The van der Waals surface area contributed by atoms with Crippen LogP contribution in [0.15, 0.2) is 0 Å². The summed E-state index contributed by atoms with van der Waals surface area (Å²) in [5.41, 5.74) is 0.652. The second kappa shape index (κ2) is 6.17. The quantitative estimate of drug-likeness (QED) is 0.566. The Kier molecular flexibility index (Phi) is 6.02. The first kappa shape index (κ1) is 12.7. The van der Waals surface area contributed by atoms with Gasteiger partial charge in [-0.2, -0.15) is 0 Å². The first-order valence-corrected chi connectivity index (χ1v) is 5.45. The van der Waals surface area contributed by atoms with Crippen molar-refractivity contribution in [1.29, 1.82) is 0 Å². The van der Waals surface area contributed by atoms with Crippen LogP contribution in [0.3, 0.4) is 0 Å². The molecule has 0 aromatic rings. The van der Waals surface area contributed by atoms with Crippen LogP contribution >= 0.6 is 0 Å². The molecule has 0 amide bonds. The van der Waals surface area contributed by atoms with E-state index in [2.05, 4.69) is 20.8 Å². The highest BCUT2D eigenvalue weighted by Crippen LogP contribution is 2.39. The molecule has 0 spiro atoms. The molecule has 0 aromatic heterocycles. The predicted molar refractivity (Wildman–Crippen MR) is 57.8 cm³/mol. The molecule has 78 valence electrons. The molecule has 0 radical (unpaired) electrons. The standard InChI is InChI=1S/C10H20.C2H4O/c1-4-9-6-5-7-10(2,3)8-9;1-2-3/h9H,4-8H2,1-3H3;2H,1H3. The molecule has 1 unspecified atom stereocenters. The Morgan fingerprint density at radius 3 is 2.31 bits per heavy atom. The lowest BCUT2D eigenvalue weighted by Crippen LogP contribution is -2.21. The molecular weight excluding hydrogens is 160 g/mol. The number of aldehydes is 1. The Labute approximate surface area is 82.9 Å². The highest BCUT2D eigenvalue weighted by Gasteiger charge is 2.26. The van der Waals surface area contributed by atoms with Crippen LogP contribution in [0.5, 0.6) is 0 Å². The van der Waals surface area contributed by atoms with Gasteiger partial charge in [0.05, 0.1) is 0 Å². The van der Waals surface area contributed by atoms with Crippen LogP contribution < -0.4 is 0 Å². The Balaban J connectivity index is 0.000000424. The van der Waals surface area contributed by atoms with Crippen LogP contribution in [-0.2, 0) is 4.79 Å². The number of carbonyl (C=O) groups is 1. The van der Waals surface area contributed by atoms with Crippen molar-refractivity contribution in [2.45, 2.75) is 59.8 Å². The molecule has 0 N–H and O–H groups in total. The van der Waals surface area contributed by atoms with Crippen molar-refractivity contribution in [3.8, 4) is 0 Å². The van der Waals surface area contributed by atoms with Gasteiger partial charge in [0.1, 0.15) is 6.29 Å². The summed E-state index contributed by atoms with van der Waals surface area (Å²) in [5, 5.41) is 0. The van der Waals surface area contributed by atoms with E-state index < -0.39 is 0 Å². The van der Waals surface area contributed by atoms with Gasteiger partial charge in [0, 0.05) is 0 Å². The second-order valence-corrected chi connectivity index (χ2v) is 4.77. The lowest BCUT2D eigenvalue weighted by Gasteiger charge is -2.34. The number of rotatable bonds is 1. The third kappa shape index (κ3) is 5.84. The highest BCUT2D eigenvalue weighted by molar-refractivity contribution is 5.44. The van der Waals surface area contributed by atoms with Gasteiger partial charge in [-0.3, -0.25) is 0 Å². The molecule has 13 heavy (non-hydrogen) atoms. The lowest BCUT2D eigenvalue weighted by molar-refractivity contribution is -0.106. The van der Waals surface area contributed by atoms with E-state index in [1.165, 1.54) is 39.0 Å². The van der Waals surface area contributed by atoms with Gasteiger partial charge in [-0.25, -0.2) is 0 Å². The maximum Gasteiger partial charge on any atom is 0.116 e. The smallest absolute Gasteiger partial charge is 0.116 e. The monoisotopic (exact) mass is 184 g/mol. The van der Waals surface area contributed by atoms with E-state index in [0.29, 0.717) is 5.41 Å². The molecule has 1 nitrogen and oxygen atoms in total. The van der Waals surface area contributed by atoms with Gasteiger partial charge >= 0.3 is 0 Å². The summed E-state index contributed by atoms with van der Waals surface area (Å²) in [6.07, 6.45) is 8.00. The normalized spacial score (nSPS) is 25.7. The summed E-state index contributed by atoms with van der Waals surface area (Å²) in [6.45, 7) is 8.59. The highest BCUT2D eigenvalue weighted by atomic mass is 16.1. The zero-order chi connectivity index (χ0) is 10.3. The molecule has 0 aromatic carbocycles. The van der Waals surface area contributed by atoms with Crippen molar-refractivity contribution in [2.75, 3.05) is 0 Å². The van der Waals surface area contributed by atoms with Gasteiger partial charge in [-0.15, -0.1) is 0 Å². The topological polar surface area (TPSA) is 17.1 Å². The zero-order valence-corrected chi connectivity index (χ0v) is 9.60. The Bertz CT molecular complexity index is 138. The van der Waals surface area contributed by atoms with Crippen LogP contribution in [0.25, 0.3) is 0 Å². The third-order valence-corrected chi connectivity index (χ3v) is 2.88. The van der Waals surface area contributed by atoms with Gasteiger partial charge in [0.25, 0.3) is 0 Å². The Morgan fingerprint density at radius 2 is 2.00 bits per heavy atom. The van der Waals surface area contributed by atoms with Crippen LogP contribution in [0.2, 0.25) is 0 Å². The first-order valence-electron chi connectivity index (χ1n) is 5.45. The van der Waals surface area contributed by atoms with E-state index in [1.54, 1.807) is 0 Å². The minimum Gasteiger partial charge on any atom is -0.304 e. The van der Waals surface area contributed by atoms with E-state index in [-0.39, 0.29) is 0 Å². The molecule has 1 fully saturated rings. The van der Waals surface area contributed by atoms with Gasteiger partial charge in [0.2, 0.25) is 0 Å². The van der Waals surface area contributed by atoms with E-state index in [9.17, 15) is 0 Å². The minimum atomic E-state index is 0.652. The molecule has 1 aliphatic rings. The lowest BCUT2D eigenvalue weighted by atomic mass is 9.71. The molecule has 1 aliphatic carbocycles. The largest absolute Gasteiger partial charge is 0.304 e. The number of hydrogen-bond donors (Lipinski definition) is 0. The summed E-state index contributed by atoms with van der Waals surface area (Å²) in [4.78, 5) is 8.81. The van der Waals surface area contributed by atoms with Crippen LogP contribution in [0.1, 0.15) is 59.8 Å². The minimum absolute atomic E-state index is 0.652. The third-order valence-electron chi connectivity index (χ3n) is 2.88. The van der Waals surface area contributed by atoms with Crippen LogP contribution in [-0.4, -0.2) is 6.29 Å². The summed E-state index contributed by atoms with van der Waals surface area (Å²) >= 11 is 0. The number of carbonyl (C=O) groups excluding carboxylic acids is 1. The van der Waals surface area contributed by atoms with Crippen molar-refractivity contribution in [3.63, 3.8) is 0 Å². The van der Waals surface area contributed by atoms with Crippen molar-refractivity contribution in [1.82, 2.24) is 0 Å². The van der Waals surface area contributed by atoms with E-state index >= 15 is 0 Å². The molecule has 0 heterocycles. The molecule has 0 bridgehead atoms. The van der Waals surface area contributed by atoms with Gasteiger partial charge in [-0.1, -0.05) is 40.0 Å². The van der Waals surface area contributed by atoms with E-state index in [4.69, 9.17) is 4.79 Å². The number of hydrogen-bond acceptors (Lipinski definition) is 1. The van der Waals surface area contributed by atoms with Gasteiger partial charge in [-0.05, 0) is 31.1 Å². The average Bonchev–Trinajstić information content (AvgIpc) is 2.04. The maximum atomic E-state index is 8.81. The molecular formula is C12H24O. The second-order valence-electron chi connectivity index (χ2n) is 4.77. The first-order chi connectivity index (χ1) is 6.05. The molecule has 1 atom stereocenters. The van der Waals surface area contributed by atoms with Crippen molar-refractivity contribution in [2.24, 2.45) is 11.3 Å². The zero-order valence-electron chi connectivity index (χ0n) is 9.60. The van der Waals surface area contributed by atoms with Crippen molar-refractivity contribution < 1.29 is 4.79 Å². The summed E-state index contributed by atoms with van der Waals surface area (Å²) in [6, 6.07) is 0. The molecule has 0 aliphatic heterocycles. The maximum absolute atomic E-state index is 8.81. The SMILES string of the molecule is CC=O.CCC1CCCC(C)(C)C1. The molecule has 1 saturated carbocycles. The summed E-state index contributed by atoms with van der Waals surface area (Å²) < 4.78 is 0. The van der Waals surface area contributed by atoms with Crippen LogP contribution in [0.4, 0.5) is 0 Å². The average molecular weight is 184 g/mol. The van der Waals surface area contributed by atoms with Crippen molar-refractivity contribution in [3.05, 3.63) is 0 Å². The predicted octanol–water partition coefficient (Wildman–Crippen LogP) is 3.82. The summed E-state index contributed by atoms with van der Waals surface area (Å²) in [5.74, 6) is 1.03. The van der Waals surface area contributed by atoms with Gasteiger partial charge in [0.15, 0.2) is 0 Å². The Morgan fingerprint density at radius 1 is 1.46 bits per heavy atom. The molecule has 1 heteroatoms.